The van der Waals surface area contributed by atoms with Crippen LogP contribution in [0.25, 0.3) is 21.7 Å². The predicted molar refractivity (Wildman–Crippen MR) is 207 cm³/mol. The molecule has 4 amide bonds. The lowest BCUT2D eigenvalue weighted by Crippen LogP contribution is -2.64. The van der Waals surface area contributed by atoms with Gasteiger partial charge in [0.2, 0.25) is 17.7 Å². The van der Waals surface area contributed by atoms with E-state index in [9.17, 15) is 29.1 Å². The van der Waals surface area contributed by atoms with Crippen molar-refractivity contribution in [3.8, 4) is 0 Å². The van der Waals surface area contributed by atoms with Crippen molar-refractivity contribution in [2.75, 3.05) is 6.54 Å². The van der Waals surface area contributed by atoms with Gasteiger partial charge < -0.3 is 36.1 Å². The first-order valence-electron chi connectivity index (χ1n) is 17.9. The molecule has 12 heteroatoms. The van der Waals surface area contributed by atoms with E-state index < -0.39 is 59.4 Å². The molecule has 0 aliphatic carbocycles. The third kappa shape index (κ3) is 10.7. The number of aromatic nitrogens is 1. The van der Waals surface area contributed by atoms with E-state index in [1.807, 2.05) is 97.1 Å². The Labute approximate surface area is 314 Å². The maximum Gasteiger partial charge on any atom is 0.408 e. The van der Waals surface area contributed by atoms with Gasteiger partial charge in [-0.2, -0.15) is 0 Å². The summed E-state index contributed by atoms with van der Waals surface area (Å²) >= 11 is 0. The fourth-order valence-corrected chi connectivity index (χ4v) is 6.28. The summed E-state index contributed by atoms with van der Waals surface area (Å²) in [4.78, 5) is 70.2. The van der Waals surface area contributed by atoms with Crippen molar-refractivity contribution in [3.05, 3.63) is 120 Å². The van der Waals surface area contributed by atoms with E-state index in [-0.39, 0.29) is 19.4 Å². The van der Waals surface area contributed by atoms with E-state index >= 15 is 0 Å². The summed E-state index contributed by atoms with van der Waals surface area (Å²) in [6.45, 7) is 6.84. The van der Waals surface area contributed by atoms with Crippen LogP contribution in [0.1, 0.15) is 50.8 Å². The van der Waals surface area contributed by atoms with Gasteiger partial charge >= 0.3 is 12.1 Å². The second-order valence-corrected chi connectivity index (χ2v) is 14.6. The number of rotatable bonds is 15. The van der Waals surface area contributed by atoms with Crippen LogP contribution in [0.3, 0.4) is 0 Å². The van der Waals surface area contributed by atoms with Gasteiger partial charge in [-0.05, 0) is 67.6 Å². The van der Waals surface area contributed by atoms with Crippen LogP contribution in [-0.4, -0.2) is 69.6 Å². The summed E-state index contributed by atoms with van der Waals surface area (Å²) in [6.07, 6.45) is 0.767. The van der Waals surface area contributed by atoms with Gasteiger partial charge in [-0.1, -0.05) is 91.0 Å². The fourth-order valence-electron chi connectivity index (χ4n) is 6.28. The Morgan fingerprint density at radius 2 is 1.44 bits per heavy atom. The molecule has 0 aliphatic heterocycles. The van der Waals surface area contributed by atoms with Crippen molar-refractivity contribution in [2.24, 2.45) is 0 Å². The van der Waals surface area contributed by atoms with E-state index in [0.29, 0.717) is 12.0 Å². The Bertz CT molecular complexity index is 2120. The van der Waals surface area contributed by atoms with Crippen molar-refractivity contribution in [2.45, 2.75) is 76.6 Å². The topological polar surface area (TPSA) is 179 Å². The van der Waals surface area contributed by atoms with Crippen LogP contribution < -0.4 is 21.3 Å². The lowest BCUT2D eigenvalue weighted by molar-refractivity contribution is -0.142. The Kier molecular flexibility index (Phi) is 12.4. The van der Waals surface area contributed by atoms with Crippen molar-refractivity contribution in [1.82, 2.24) is 26.3 Å². The Morgan fingerprint density at radius 3 is 2.17 bits per heavy atom. The Morgan fingerprint density at radius 1 is 0.759 bits per heavy atom. The van der Waals surface area contributed by atoms with Crippen molar-refractivity contribution >= 4 is 51.5 Å². The van der Waals surface area contributed by atoms with Crippen LogP contribution in [0.5, 0.6) is 0 Å². The van der Waals surface area contributed by atoms with E-state index in [1.54, 1.807) is 27.0 Å². The van der Waals surface area contributed by atoms with Crippen molar-refractivity contribution in [1.29, 1.82) is 0 Å². The van der Waals surface area contributed by atoms with E-state index in [4.69, 9.17) is 4.74 Å². The van der Waals surface area contributed by atoms with E-state index in [1.165, 1.54) is 6.92 Å². The molecule has 0 fully saturated rings. The van der Waals surface area contributed by atoms with Crippen molar-refractivity contribution in [3.63, 3.8) is 0 Å². The average Bonchev–Trinajstić information content (AvgIpc) is 3.53. The molecule has 0 saturated heterocycles. The molecule has 6 N–H and O–H groups in total. The van der Waals surface area contributed by atoms with Gasteiger partial charge in [0, 0.05) is 36.5 Å². The Balaban J connectivity index is 1.44. The SMILES string of the molecule is CC(C)(C)OC(=O)N[C@@H](Cc1c[nH]c2ccccc12)C(=O)N[C@@](C)(Cc1ccc2ccccc2c1)C(=O)N[C@@H](CC(=O)O)C(=O)NCCc1ccccc1. The third-order valence-electron chi connectivity index (χ3n) is 8.93. The second-order valence-electron chi connectivity index (χ2n) is 14.6. The number of ether oxygens (including phenoxy) is 1. The van der Waals surface area contributed by atoms with Crippen LogP contribution in [-0.2, 0) is 43.2 Å². The predicted octanol–water partition coefficient (Wildman–Crippen LogP) is 5.19. The molecule has 1 heterocycles. The molecule has 3 atom stereocenters. The molecule has 0 aliphatic rings. The first kappa shape index (κ1) is 39.0. The average molecular weight is 734 g/mol. The number of carboxylic acid groups (broad SMARTS) is 1. The highest BCUT2D eigenvalue weighted by Crippen LogP contribution is 2.23. The normalized spacial score (nSPS) is 13.6. The zero-order valence-corrected chi connectivity index (χ0v) is 30.9. The van der Waals surface area contributed by atoms with Gasteiger partial charge in [-0.25, -0.2) is 4.79 Å². The van der Waals surface area contributed by atoms with Gasteiger partial charge in [0.05, 0.1) is 6.42 Å². The van der Waals surface area contributed by atoms with Crippen LogP contribution in [0.4, 0.5) is 4.79 Å². The van der Waals surface area contributed by atoms with Crippen LogP contribution >= 0.6 is 0 Å². The summed E-state index contributed by atoms with van der Waals surface area (Å²) in [7, 11) is 0. The molecule has 5 aromatic rings. The molecule has 4 aromatic carbocycles. The summed E-state index contributed by atoms with van der Waals surface area (Å²) < 4.78 is 5.50. The molecule has 0 bridgehead atoms. The highest BCUT2D eigenvalue weighted by atomic mass is 16.6. The number of alkyl carbamates (subject to hydrolysis) is 1. The first-order valence-corrected chi connectivity index (χ1v) is 17.9. The number of aliphatic carboxylic acids is 1. The molecule has 0 saturated carbocycles. The fraction of sp³-hybridized carbons (Fsp3) is 0.310. The summed E-state index contributed by atoms with van der Waals surface area (Å²) in [5, 5.41) is 23.4. The smallest absolute Gasteiger partial charge is 0.408 e. The lowest BCUT2D eigenvalue weighted by Gasteiger charge is -2.33. The number of para-hydroxylation sites is 1. The van der Waals surface area contributed by atoms with E-state index in [0.717, 1.165) is 32.8 Å². The van der Waals surface area contributed by atoms with Crippen LogP contribution in [0.2, 0.25) is 0 Å². The summed E-state index contributed by atoms with van der Waals surface area (Å²) in [6, 6.07) is 27.7. The lowest BCUT2D eigenvalue weighted by atomic mass is 9.89. The number of aromatic amines is 1. The number of carboxylic acids is 1. The molecule has 1 aromatic heterocycles. The molecule has 0 radical (unpaired) electrons. The number of carbonyl (C=O) groups is 5. The molecule has 12 nitrogen and oxygen atoms in total. The molecule has 54 heavy (non-hydrogen) atoms. The van der Waals surface area contributed by atoms with Gasteiger partial charge in [-0.3, -0.25) is 19.2 Å². The maximum absolute atomic E-state index is 14.4. The Hall–Kier alpha value is -6.17. The molecule has 5 rings (SSSR count). The zero-order valence-electron chi connectivity index (χ0n) is 30.9. The van der Waals surface area contributed by atoms with Crippen LogP contribution in [0, 0.1) is 0 Å². The van der Waals surface area contributed by atoms with Gasteiger partial charge in [0.1, 0.15) is 23.2 Å². The molecule has 0 spiro atoms. The quantitative estimate of drug-likeness (QED) is 0.0857. The second kappa shape index (κ2) is 17.1. The number of hydrogen-bond donors (Lipinski definition) is 6. The minimum Gasteiger partial charge on any atom is -0.481 e. The molecule has 282 valence electrons. The monoisotopic (exact) mass is 733 g/mol. The highest BCUT2D eigenvalue weighted by molar-refractivity contribution is 5.98. The summed E-state index contributed by atoms with van der Waals surface area (Å²) in [5.74, 6) is -3.44. The molecular weight excluding hydrogens is 686 g/mol. The largest absolute Gasteiger partial charge is 0.481 e. The third-order valence-corrected chi connectivity index (χ3v) is 8.93. The molecular formula is C42H47N5O7. The molecule has 0 unspecified atom stereocenters. The van der Waals surface area contributed by atoms with E-state index in [2.05, 4.69) is 26.3 Å². The van der Waals surface area contributed by atoms with Crippen LogP contribution in [0.15, 0.2) is 103 Å². The van der Waals surface area contributed by atoms with Gasteiger partial charge in [-0.15, -0.1) is 0 Å². The number of carbonyl (C=O) groups excluding carboxylic acids is 4. The standard InChI is InChI=1S/C42H47N5O7/c1-41(2,3)54-40(53)46-34(23-31-26-44-33-17-11-10-16-32(31)33)38(51)47-42(4,25-28-18-19-29-14-8-9-15-30(29)22-28)39(52)45-35(24-36(48)49)37(50)43-21-20-27-12-6-5-7-13-27/h5-19,22,26,34-35,44H,20-21,23-25H2,1-4H3,(H,43,50)(H,45,52)(H,46,53)(H,47,51)(H,48,49)/t34-,35-,42-/m0/s1. The van der Waals surface area contributed by atoms with Crippen molar-refractivity contribution < 1.29 is 33.8 Å². The number of hydrogen-bond acceptors (Lipinski definition) is 6. The minimum absolute atomic E-state index is 0.0307. The minimum atomic E-state index is -1.73. The zero-order chi connectivity index (χ0) is 38.9. The van der Waals surface area contributed by atoms with Gasteiger partial charge in [0.25, 0.3) is 0 Å². The number of nitrogens with one attached hydrogen (secondary N) is 5. The number of benzene rings is 4. The number of amides is 4. The maximum atomic E-state index is 14.4. The van der Waals surface area contributed by atoms with Gasteiger partial charge in [0.15, 0.2) is 0 Å². The number of fused-ring (bicyclic) bond motifs is 2. The highest BCUT2D eigenvalue weighted by Gasteiger charge is 2.40. The summed E-state index contributed by atoms with van der Waals surface area (Å²) in [5.41, 5.74) is 0.685. The first-order chi connectivity index (χ1) is 25.7. The number of H-pyrrole nitrogens is 1.